The van der Waals surface area contributed by atoms with Crippen LogP contribution in [0.5, 0.6) is 5.75 Å². The number of benzene rings is 1. The van der Waals surface area contributed by atoms with Crippen molar-refractivity contribution in [3.8, 4) is 11.8 Å². The van der Waals surface area contributed by atoms with Crippen LogP contribution in [0, 0.1) is 17.1 Å². The molecule has 1 saturated heterocycles. The van der Waals surface area contributed by atoms with E-state index in [1.807, 2.05) is 26.0 Å². The lowest BCUT2D eigenvalue weighted by atomic mass is 10.0. The predicted molar refractivity (Wildman–Crippen MR) is 209 cm³/mol. The summed E-state index contributed by atoms with van der Waals surface area (Å²) in [7, 11) is -4.50. The summed E-state index contributed by atoms with van der Waals surface area (Å²) in [6.45, 7) is 6.29. The van der Waals surface area contributed by atoms with Crippen molar-refractivity contribution >= 4 is 19.2 Å². The minimum Gasteiger partial charge on any atom is -0.485 e. The number of anilines is 1. The van der Waals surface area contributed by atoms with E-state index < -0.39 is 25.8 Å². The normalized spacial score (nSPS) is 17.1. The Balaban J connectivity index is 0.00000385. The second kappa shape index (κ2) is 25.9. The number of halogens is 1. The summed E-state index contributed by atoms with van der Waals surface area (Å²) < 4.78 is 57.2. The molecule has 54 heavy (non-hydrogen) atoms. The maximum absolute atomic E-state index is 14.3. The molecule has 0 saturated carbocycles. The Hall–Kier alpha value is -3.11. The molecule has 1 aliphatic rings. The molecule has 0 bridgehead atoms. The van der Waals surface area contributed by atoms with E-state index in [-0.39, 0.29) is 37.2 Å². The van der Waals surface area contributed by atoms with Gasteiger partial charge in [-0.3, -0.25) is 9.05 Å². The molecule has 0 aliphatic carbocycles. The fraction of sp³-hybridized carbons (Fsp3) is 0.675. The smallest absolute Gasteiger partial charge is 0.472 e. The zero-order valence-corrected chi connectivity index (χ0v) is 33.5. The molecule has 12 nitrogen and oxygen atoms in total. The monoisotopic (exact) mass is 775 g/mol. The summed E-state index contributed by atoms with van der Waals surface area (Å²) in [5.74, 6) is -0.224. The fourth-order valence-corrected chi connectivity index (χ4v) is 7.20. The number of rotatable bonds is 27. The number of fused-ring (bicyclic) bond motifs is 1. The highest BCUT2D eigenvalue weighted by atomic mass is 31.2. The van der Waals surface area contributed by atoms with E-state index in [1.165, 1.54) is 95.5 Å². The number of nitrogen functional groups attached to an aromatic ring is 1. The molecule has 3 aromatic rings. The van der Waals surface area contributed by atoms with E-state index in [0.717, 1.165) is 31.0 Å². The van der Waals surface area contributed by atoms with Gasteiger partial charge in [0.05, 0.1) is 37.2 Å². The summed E-state index contributed by atoms with van der Waals surface area (Å²) in [5.41, 5.74) is 7.30. The fourth-order valence-electron chi connectivity index (χ4n) is 6.41. The van der Waals surface area contributed by atoms with Crippen LogP contribution in [-0.2, 0) is 23.1 Å². The first-order chi connectivity index (χ1) is 26.3. The number of phosphoric acid groups is 1. The number of unbranched alkanes of at least 4 members (excludes halogenated alkanes) is 14. The van der Waals surface area contributed by atoms with Gasteiger partial charge in [-0.05, 0) is 43.5 Å². The van der Waals surface area contributed by atoms with E-state index in [4.69, 9.17) is 34.3 Å². The highest BCUT2D eigenvalue weighted by Gasteiger charge is 2.32. The summed E-state index contributed by atoms with van der Waals surface area (Å²) in [6.07, 6.45) is 20.1. The topological polar surface area (TPSA) is 163 Å². The zero-order valence-electron chi connectivity index (χ0n) is 32.6. The summed E-state index contributed by atoms with van der Waals surface area (Å²) in [6, 6.07) is 9.34. The number of hydrogen-bond donors (Lipinski definition) is 2. The van der Waals surface area contributed by atoms with Gasteiger partial charge in [-0.15, -0.1) is 0 Å². The summed E-state index contributed by atoms with van der Waals surface area (Å²) in [4.78, 5) is 14.5. The van der Waals surface area contributed by atoms with Gasteiger partial charge >= 0.3 is 7.82 Å². The maximum atomic E-state index is 14.3. The van der Waals surface area contributed by atoms with E-state index in [1.54, 1.807) is 10.6 Å². The van der Waals surface area contributed by atoms with Crippen molar-refractivity contribution in [3.05, 3.63) is 53.7 Å². The van der Waals surface area contributed by atoms with Gasteiger partial charge in [0.2, 0.25) is 0 Å². The highest BCUT2D eigenvalue weighted by molar-refractivity contribution is 7.47. The molecular weight excluding hydrogens is 712 g/mol. The first-order valence-electron chi connectivity index (χ1n) is 20.1. The maximum Gasteiger partial charge on any atom is 0.472 e. The van der Waals surface area contributed by atoms with Crippen molar-refractivity contribution in [1.29, 1.82) is 5.26 Å². The van der Waals surface area contributed by atoms with Crippen molar-refractivity contribution in [1.82, 2.24) is 14.6 Å². The molecule has 3 N–H and O–H groups in total. The van der Waals surface area contributed by atoms with Crippen molar-refractivity contribution in [2.24, 2.45) is 0 Å². The molecule has 0 spiro atoms. The van der Waals surface area contributed by atoms with Gasteiger partial charge in [0.15, 0.2) is 5.82 Å². The Bertz CT molecular complexity index is 1570. The summed E-state index contributed by atoms with van der Waals surface area (Å²) in [5, 5.41) is 13.3. The van der Waals surface area contributed by atoms with Gasteiger partial charge in [-0.2, -0.15) is 10.4 Å². The Labute approximate surface area is 321 Å². The van der Waals surface area contributed by atoms with Crippen LogP contribution in [0.3, 0.4) is 0 Å². The number of aromatic nitrogens is 3. The van der Waals surface area contributed by atoms with Gasteiger partial charge in [0.25, 0.3) is 0 Å². The van der Waals surface area contributed by atoms with Crippen molar-refractivity contribution < 1.29 is 37.1 Å². The number of nitrogens with two attached hydrogens (primary N) is 1. The van der Waals surface area contributed by atoms with Crippen LogP contribution >= 0.6 is 7.82 Å². The van der Waals surface area contributed by atoms with Crippen LogP contribution in [-0.4, -0.2) is 58.1 Å². The van der Waals surface area contributed by atoms with Crippen LogP contribution in [0.25, 0.3) is 5.52 Å². The van der Waals surface area contributed by atoms with Crippen molar-refractivity contribution in [2.75, 3.05) is 32.2 Å². The molecule has 1 fully saturated rings. The first-order valence-corrected chi connectivity index (χ1v) is 21.6. The Kier molecular flexibility index (Phi) is 21.7. The number of nitriles is 1. The average Bonchev–Trinajstić information content (AvgIpc) is 3.83. The predicted octanol–water partition coefficient (Wildman–Crippen LogP) is 10.0. The number of nitrogens with zero attached hydrogens (tertiary/aromatic N) is 4. The van der Waals surface area contributed by atoms with Gasteiger partial charge in [-0.1, -0.05) is 111 Å². The van der Waals surface area contributed by atoms with E-state index in [2.05, 4.69) is 17.0 Å². The molecule has 2 aromatic heterocycles. The molecule has 4 unspecified atom stereocenters. The Morgan fingerprint density at radius 2 is 1.61 bits per heavy atom. The number of ether oxygens (including phenoxy) is 3. The Morgan fingerprint density at radius 3 is 2.24 bits per heavy atom. The first kappa shape index (κ1) is 45.3. The number of hydrogen-bond acceptors (Lipinski definition) is 10. The lowest BCUT2D eigenvalue weighted by molar-refractivity contribution is -0.00583. The second-order valence-corrected chi connectivity index (χ2v) is 15.1. The molecule has 4 atom stereocenters. The summed E-state index contributed by atoms with van der Waals surface area (Å²) >= 11 is 0. The average molecular weight is 776 g/mol. The van der Waals surface area contributed by atoms with Gasteiger partial charge in [-0.25, -0.2) is 18.5 Å². The SMILES string of the molecule is CC.CCCCCCCCCCCCCCCCCOCC(COP(=O)(O)OCC1CCC(c2ccc3c(N)ncnn23)O1)Oc1ccc(C#N)c(F)c1. The van der Waals surface area contributed by atoms with Gasteiger partial charge in [0.1, 0.15) is 41.7 Å². The minimum atomic E-state index is -4.50. The lowest BCUT2D eigenvalue weighted by Crippen LogP contribution is -2.29. The molecule has 0 radical (unpaired) electrons. The number of phosphoric ester groups is 1. The third kappa shape index (κ3) is 16.3. The van der Waals surface area contributed by atoms with Gasteiger partial charge in [0, 0.05) is 12.7 Å². The molecule has 3 heterocycles. The minimum absolute atomic E-state index is 0.0486. The van der Waals surface area contributed by atoms with E-state index in [9.17, 15) is 13.8 Å². The zero-order chi connectivity index (χ0) is 39.0. The van der Waals surface area contributed by atoms with Crippen LogP contribution in [0.4, 0.5) is 10.2 Å². The molecule has 4 rings (SSSR count). The molecule has 1 aliphatic heterocycles. The van der Waals surface area contributed by atoms with Crippen molar-refractivity contribution in [2.45, 2.75) is 148 Å². The third-order valence-electron chi connectivity index (χ3n) is 9.36. The van der Waals surface area contributed by atoms with E-state index in [0.29, 0.717) is 30.8 Å². The standard InChI is InChI=1S/C38H57FN5O7P.C2H6/c1-2-3-4-5-6-7-8-9-10-11-12-13-14-15-16-23-47-26-33(50-31-18-17-30(25-40)34(39)24-31)28-49-52(45,46)48-27-32-19-22-37(51-32)35-20-21-36-38(41)42-29-43-44(35)36;1-2/h17-18,20-21,24,29,32-33,37H,2-16,19,22-23,26-28H2,1H3,(H,45,46)(H2,41,42,43);1-2H3. The second-order valence-electron chi connectivity index (χ2n) is 13.6. The quantitative estimate of drug-likeness (QED) is 0.0559. The molecule has 302 valence electrons. The highest BCUT2D eigenvalue weighted by Crippen LogP contribution is 2.45. The molecule has 0 amide bonds. The molecule has 14 heteroatoms. The largest absolute Gasteiger partial charge is 0.485 e. The third-order valence-corrected chi connectivity index (χ3v) is 10.3. The lowest BCUT2D eigenvalue weighted by Gasteiger charge is -2.21. The van der Waals surface area contributed by atoms with Crippen LogP contribution in [0.2, 0.25) is 0 Å². The molecule has 1 aromatic carbocycles. The van der Waals surface area contributed by atoms with Crippen LogP contribution in [0.15, 0.2) is 36.7 Å². The Morgan fingerprint density at radius 1 is 0.963 bits per heavy atom. The van der Waals surface area contributed by atoms with E-state index >= 15 is 0 Å². The van der Waals surface area contributed by atoms with Gasteiger partial charge < -0.3 is 24.8 Å². The van der Waals surface area contributed by atoms with Crippen LogP contribution < -0.4 is 10.5 Å². The molecular formula is C40H63FN5O7P. The van der Waals surface area contributed by atoms with Crippen LogP contribution in [0.1, 0.15) is 147 Å². The van der Waals surface area contributed by atoms with Crippen molar-refractivity contribution in [3.63, 3.8) is 0 Å².